The largest absolute Gasteiger partial charge is 0.435 e. The summed E-state index contributed by atoms with van der Waals surface area (Å²) in [7, 11) is 1.54. The number of nitrogens with one attached hydrogen (secondary N) is 1. The fourth-order valence-corrected chi connectivity index (χ4v) is 3.09. The molecule has 0 unspecified atom stereocenters. The van der Waals surface area contributed by atoms with Crippen molar-refractivity contribution in [2.75, 3.05) is 19.6 Å². The lowest BCUT2D eigenvalue weighted by molar-refractivity contribution is -0.142. The number of halogens is 3. The van der Waals surface area contributed by atoms with Crippen molar-refractivity contribution in [1.82, 2.24) is 20.0 Å². The SMILES string of the molecule is CC(C)CN(Cc1cn(C)nc1C(F)(F)F)C1CCNCC1. The Morgan fingerprint density at radius 1 is 1.36 bits per heavy atom. The first-order valence-electron chi connectivity index (χ1n) is 7.82. The van der Waals surface area contributed by atoms with Crippen LogP contribution >= 0.6 is 0 Å². The van der Waals surface area contributed by atoms with E-state index in [0.29, 0.717) is 18.5 Å². The molecule has 0 aliphatic carbocycles. The Balaban J connectivity index is 2.19. The second-order valence-corrected chi connectivity index (χ2v) is 6.48. The van der Waals surface area contributed by atoms with Crippen molar-refractivity contribution in [1.29, 1.82) is 0 Å². The number of nitrogens with zero attached hydrogens (tertiary/aromatic N) is 3. The summed E-state index contributed by atoms with van der Waals surface area (Å²) in [6.07, 6.45) is -0.936. The van der Waals surface area contributed by atoms with Crippen molar-refractivity contribution in [2.45, 2.75) is 45.5 Å². The number of hydrogen-bond donors (Lipinski definition) is 1. The summed E-state index contributed by atoms with van der Waals surface area (Å²) in [5.74, 6) is 0.417. The van der Waals surface area contributed by atoms with Crippen LogP contribution in [0.3, 0.4) is 0 Å². The van der Waals surface area contributed by atoms with Crippen molar-refractivity contribution in [3.05, 3.63) is 17.5 Å². The highest BCUT2D eigenvalue weighted by molar-refractivity contribution is 5.20. The minimum Gasteiger partial charge on any atom is -0.317 e. The maximum atomic E-state index is 13.1. The summed E-state index contributed by atoms with van der Waals surface area (Å²) in [6.45, 7) is 7.17. The van der Waals surface area contributed by atoms with Gasteiger partial charge >= 0.3 is 6.18 Å². The van der Waals surface area contributed by atoms with E-state index in [-0.39, 0.29) is 5.56 Å². The van der Waals surface area contributed by atoms with Gasteiger partial charge in [0.25, 0.3) is 0 Å². The van der Waals surface area contributed by atoms with Gasteiger partial charge in [0.2, 0.25) is 0 Å². The van der Waals surface area contributed by atoms with Gasteiger partial charge in [-0.25, -0.2) is 0 Å². The smallest absolute Gasteiger partial charge is 0.317 e. The van der Waals surface area contributed by atoms with E-state index in [2.05, 4.69) is 29.2 Å². The Morgan fingerprint density at radius 2 is 2.00 bits per heavy atom. The third-order valence-corrected chi connectivity index (χ3v) is 3.97. The molecule has 1 aliphatic heterocycles. The highest BCUT2D eigenvalue weighted by atomic mass is 19.4. The molecule has 0 amide bonds. The molecular formula is C15H25F3N4. The van der Waals surface area contributed by atoms with E-state index in [1.165, 1.54) is 17.9 Å². The summed E-state index contributed by atoms with van der Waals surface area (Å²) in [6, 6.07) is 0.338. The first-order chi connectivity index (χ1) is 10.3. The van der Waals surface area contributed by atoms with Gasteiger partial charge in [0, 0.05) is 37.9 Å². The third kappa shape index (κ3) is 4.46. The summed E-state index contributed by atoms with van der Waals surface area (Å²) in [4.78, 5) is 2.19. The van der Waals surface area contributed by atoms with Crippen LogP contribution in [-0.4, -0.2) is 40.4 Å². The zero-order chi connectivity index (χ0) is 16.3. The van der Waals surface area contributed by atoms with Crippen LogP contribution in [0.25, 0.3) is 0 Å². The summed E-state index contributed by atoms with van der Waals surface area (Å²) in [5, 5.41) is 6.92. The first kappa shape index (κ1) is 17.3. The van der Waals surface area contributed by atoms with E-state index in [1.54, 1.807) is 0 Å². The van der Waals surface area contributed by atoms with Crippen LogP contribution in [0.5, 0.6) is 0 Å². The van der Waals surface area contributed by atoms with Crippen molar-refractivity contribution >= 4 is 0 Å². The quantitative estimate of drug-likeness (QED) is 0.906. The maximum Gasteiger partial charge on any atom is 0.435 e. The molecule has 0 aromatic carbocycles. The van der Waals surface area contributed by atoms with Gasteiger partial charge < -0.3 is 5.32 Å². The molecule has 7 heteroatoms. The predicted molar refractivity (Wildman–Crippen MR) is 79.3 cm³/mol. The monoisotopic (exact) mass is 318 g/mol. The molecule has 1 N–H and O–H groups in total. The third-order valence-electron chi connectivity index (χ3n) is 3.97. The van der Waals surface area contributed by atoms with Crippen LogP contribution in [0.15, 0.2) is 6.20 Å². The minimum absolute atomic E-state index is 0.272. The van der Waals surface area contributed by atoms with Crippen molar-refractivity contribution in [3.8, 4) is 0 Å². The molecule has 1 saturated heterocycles. The molecule has 1 aromatic rings. The number of hydrogen-bond acceptors (Lipinski definition) is 3. The number of aromatic nitrogens is 2. The average Bonchev–Trinajstić information content (AvgIpc) is 2.79. The van der Waals surface area contributed by atoms with Crippen LogP contribution in [0.4, 0.5) is 13.2 Å². The number of alkyl halides is 3. The van der Waals surface area contributed by atoms with Crippen molar-refractivity contribution < 1.29 is 13.2 Å². The molecular weight excluding hydrogens is 293 g/mol. The first-order valence-corrected chi connectivity index (χ1v) is 7.82. The molecule has 0 spiro atoms. The van der Waals surface area contributed by atoms with Crippen LogP contribution in [0, 0.1) is 5.92 Å². The predicted octanol–water partition coefficient (Wildman–Crippen LogP) is 2.65. The zero-order valence-corrected chi connectivity index (χ0v) is 13.5. The van der Waals surface area contributed by atoms with Crippen LogP contribution in [0.2, 0.25) is 0 Å². The average molecular weight is 318 g/mol. The highest BCUT2D eigenvalue weighted by Gasteiger charge is 2.37. The fourth-order valence-electron chi connectivity index (χ4n) is 3.09. The van der Waals surface area contributed by atoms with Crippen LogP contribution < -0.4 is 5.32 Å². The number of piperidine rings is 1. The van der Waals surface area contributed by atoms with Gasteiger partial charge in [0.1, 0.15) is 0 Å². The van der Waals surface area contributed by atoms with E-state index in [0.717, 1.165) is 32.5 Å². The second kappa shape index (κ2) is 7.00. The molecule has 0 radical (unpaired) electrons. The molecule has 22 heavy (non-hydrogen) atoms. The molecule has 1 aromatic heterocycles. The van der Waals surface area contributed by atoms with E-state index in [9.17, 15) is 13.2 Å². The maximum absolute atomic E-state index is 13.1. The topological polar surface area (TPSA) is 33.1 Å². The Labute approximate surface area is 129 Å². The van der Waals surface area contributed by atoms with Crippen molar-refractivity contribution in [3.63, 3.8) is 0 Å². The molecule has 4 nitrogen and oxygen atoms in total. The Hall–Kier alpha value is -1.08. The van der Waals surface area contributed by atoms with E-state index in [4.69, 9.17) is 0 Å². The summed E-state index contributed by atoms with van der Waals surface area (Å²) < 4.78 is 40.6. The Morgan fingerprint density at radius 3 is 2.55 bits per heavy atom. The Kier molecular flexibility index (Phi) is 5.50. The normalized spacial score (nSPS) is 17.6. The van der Waals surface area contributed by atoms with Gasteiger partial charge in [0.05, 0.1) is 0 Å². The van der Waals surface area contributed by atoms with Gasteiger partial charge in [-0.05, 0) is 31.8 Å². The van der Waals surface area contributed by atoms with Crippen LogP contribution in [0.1, 0.15) is 37.9 Å². The minimum atomic E-state index is -4.39. The van der Waals surface area contributed by atoms with Gasteiger partial charge in [-0.1, -0.05) is 13.8 Å². The van der Waals surface area contributed by atoms with Crippen molar-refractivity contribution in [2.24, 2.45) is 13.0 Å². The van der Waals surface area contributed by atoms with E-state index in [1.807, 2.05) is 0 Å². The lowest BCUT2D eigenvalue weighted by Crippen LogP contribution is -2.44. The molecule has 1 aliphatic rings. The van der Waals surface area contributed by atoms with Gasteiger partial charge in [-0.15, -0.1) is 0 Å². The fraction of sp³-hybridized carbons (Fsp3) is 0.800. The summed E-state index contributed by atoms with van der Waals surface area (Å²) in [5.41, 5.74) is -0.480. The zero-order valence-electron chi connectivity index (χ0n) is 13.5. The Bertz CT molecular complexity index is 476. The lowest BCUT2D eigenvalue weighted by Gasteiger charge is -2.35. The molecule has 2 heterocycles. The molecule has 1 fully saturated rings. The second-order valence-electron chi connectivity index (χ2n) is 6.48. The molecule has 0 atom stereocenters. The highest BCUT2D eigenvalue weighted by Crippen LogP contribution is 2.31. The number of rotatable bonds is 5. The van der Waals surface area contributed by atoms with Crippen LogP contribution in [-0.2, 0) is 19.8 Å². The molecule has 0 bridgehead atoms. The van der Waals surface area contributed by atoms with E-state index < -0.39 is 11.9 Å². The molecule has 126 valence electrons. The number of aryl methyl sites for hydroxylation is 1. The lowest BCUT2D eigenvalue weighted by atomic mass is 10.0. The standard InChI is InChI=1S/C15H25F3N4/c1-11(2)8-22(13-4-6-19-7-5-13)10-12-9-21(3)20-14(12)15(16,17)18/h9,11,13,19H,4-8,10H2,1-3H3. The molecule has 0 saturated carbocycles. The molecule has 2 rings (SSSR count). The van der Waals surface area contributed by atoms with E-state index >= 15 is 0 Å². The van der Waals surface area contributed by atoms with Gasteiger partial charge in [-0.2, -0.15) is 18.3 Å². The van der Waals surface area contributed by atoms with Gasteiger partial charge in [0.15, 0.2) is 5.69 Å². The summed E-state index contributed by atoms with van der Waals surface area (Å²) >= 11 is 0. The van der Waals surface area contributed by atoms with Gasteiger partial charge in [-0.3, -0.25) is 9.58 Å².